The lowest BCUT2D eigenvalue weighted by atomic mass is 10.3. The summed E-state index contributed by atoms with van der Waals surface area (Å²) in [6.07, 6.45) is 0. The lowest BCUT2D eigenvalue weighted by molar-refractivity contribution is 0.247. The average Bonchev–Trinajstić information content (AvgIpc) is 1.90. The molecule has 0 aromatic rings. The van der Waals surface area contributed by atoms with Crippen molar-refractivity contribution in [3.05, 3.63) is 0 Å². The van der Waals surface area contributed by atoms with Gasteiger partial charge in [0.15, 0.2) is 0 Å². The normalized spacial score (nSPS) is 14.7. The fraction of sp³-hybridized carbons (Fsp3) is 1.00. The minimum Gasteiger partial charge on any atom is -0.302 e. The van der Waals surface area contributed by atoms with Crippen molar-refractivity contribution >= 4 is 10.2 Å². The summed E-state index contributed by atoms with van der Waals surface area (Å²) in [6.45, 7) is 9.20. The molecule has 0 N–H and O–H groups in total. The zero-order valence-corrected chi connectivity index (χ0v) is 9.15. The Kier molecular flexibility index (Phi) is 5.10. The second-order valence-electron chi connectivity index (χ2n) is 2.48. The van der Waals surface area contributed by atoms with E-state index in [1.807, 2.05) is 0 Å². The van der Waals surface area contributed by atoms with Gasteiger partial charge in [0, 0.05) is 16.3 Å². The molecule has 0 spiro atoms. The molecule has 0 aliphatic carbocycles. The predicted molar refractivity (Wildman–Crippen MR) is 47.1 cm³/mol. The van der Waals surface area contributed by atoms with E-state index in [1.165, 1.54) is 29.4 Å². The second-order valence-corrected chi connectivity index (χ2v) is 3.29. The highest BCUT2D eigenvalue weighted by atomic mass is 28.1. The lowest BCUT2D eigenvalue weighted by Crippen LogP contribution is -2.32. The van der Waals surface area contributed by atoms with Gasteiger partial charge < -0.3 is 4.90 Å². The Morgan fingerprint density at radius 1 is 1.33 bits per heavy atom. The van der Waals surface area contributed by atoms with Crippen LogP contribution in [0.3, 0.4) is 0 Å². The van der Waals surface area contributed by atoms with E-state index in [0.29, 0.717) is 0 Å². The minimum absolute atomic E-state index is 0.826. The van der Waals surface area contributed by atoms with E-state index in [-0.39, 0.29) is 0 Å². The molecule has 0 aromatic carbocycles. The Hall–Kier alpha value is 0.177. The van der Waals surface area contributed by atoms with Crippen molar-refractivity contribution in [1.82, 2.24) is 4.90 Å². The molecule has 1 atom stereocenters. The van der Waals surface area contributed by atoms with E-state index < -0.39 is 0 Å². The van der Waals surface area contributed by atoms with E-state index >= 15 is 0 Å². The first-order valence-electron chi connectivity index (χ1n) is 4.00. The summed E-state index contributed by atoms with van der Waals surface area (Å²) < 4.78 is 0. The highest BCUT2D eigenvalue weighted by molar-refractivity contribution is 6.08. The van der Waals surface area contributed by atoms with E-state index in [1.54, 1.807) is 0 Å². The van der Waals surface area contributed by atoms with Crippen LogP contribution in [-0.4, -0.2) is 34.3 Å². The number of hydrogen-bond donors (Lipinski definition) is 0. The van der Waals surface area contributed by atoms with E-state index in [2.05, 4.69) is 25.7 Å². The summed E-state index contributed by atoms with van der Waals surface area (Å²) in [4.78, 5) is 2.51. The van der Waals surface area contributed by atoms with Crippen LogP contribution in [0.25, 0.3) is 0 Å². The topological polar surface area (TPSA) is 3.24 Å². The van der Waals surface area contributed by atoms with Crippen molar-refractivity contribution in [3.63, 3.8) is 0 Å². The Morgan fingerprint density at radius 3 is 1.89 bits per heavy atom. The third-order valence-electron chi connectivity index (χ3n) is 2.03. The van der Waals surface area contributed by atoms with Crippen molar-refractivity contribution in [2.45, 2.75) is 32.9 Å². The third-order valence-corrected chi connectivity index (χ3v) is 3.21. The fourth-order valence-electron chi connectivity index (χ4n) is 1.11. The van der Waals surface area contributed by atoms with Crippen LogP contribution in [-0.2, 0) is 0 Å². The Bertz CT molecular complexity index is 61.9. The van der Waals surface area contributed by atoms with Gasteiger partial charge in [-0.1, -0.05) is 19.9 Å². The number of nitrogens with zero attached hydrogens (tertiary/aromatic N) is 1. The Labute approximate surface area is 61.9 Å². The maximum atomic E-state index is 2.51. The molecule has 0 aliphatic rings. The smallest absolute Gasteiger partial charge is 0.00476 e. The molecule has 0 amide bonds. The largest absolute Gasteiger partial charge is 0.302 e. The molecule has 0 aliphatic heterocycles. The standard InChI is InChI=1S/C7H19NSi/c1-4-8(5-2)7(3)6-9/h7H,4-6H2,1-3,9H3. The van der Waals surface area contributed by atoms with Gasteiger partial charge in [-0.15, -0.1) is 0 Å². The summed E-state index contributed by atoms with van der Waals surface area (Å²) in [5.41, 5.74) is 0. The van der Waals surface area contributed by atoms with Crippen molar-refractivity contribution in [2.24, 2.45) is 0 Å². The van der Waals surface area contributed by atoms with Crippen LogP contribution in [0, 0.1) is 0 Å². The minimum atomic E-state index is 0.826. The van der Waals surface area contributed by atoms with Crippen LogP contribution in [0.2, 0.25) is 6.04 Å². The maximum Gasteiger partial charge on any atom is 0.00476 e. The van der Waals surface area contributed by atoms with Crippen LogP contribution in [0.15, 0.2) is 0 Å². The molecular formula is C7H19NSi. The molecule has 56 valence electrons. The van der Waals surface area contributed by atoms with Crippen molar-refractivity contribution in [3.8, 4) is 0 Å². The van der Waals surface area contributed by atoms with Gasteiger partial charge in [-0.25, -0.2) is 0 Å². The van der Waals surface area contributed by atoms with Gasteiger partial charge in [-0.05, 0) is 20.0 Å². The molecule has 0 heterocycles. The van der Waals surface area contributed by atoms with Gasteiger partial charge in [0.25, 0.3) is 0 Å². The summed E-state index contributed by atoms with van der Waals surface area (Å²) in [5.74, 6) is 0. The summed E-state index contributed by atoms with van der Waals surface area (Å²) in [6, 6.07) is 2.23. The fourth-order valence-corrected chi connectivity index (χ4v) is 1.62. The molecule has 0 saturated carbocycles. The van der Waals surface area contributed by atoms with Gasteiger partial charge in [0.1, 0.15) is 0 Å². The van der Waals surface area contributed by atoms with Crippen LogP contribution in [0.4, 0.5) is 0 Å². The van der Waals surface area contributed by atoms with E-state index in [0.717, 1.165) is 6.04 Å². The molecule has 1 unspecified atom stereocenters. The first-order valence-corrected chi connectivity index (χ1v) is 5.41. The molecule has 0 rings (SSSR count). The molecule has 0 bridgehead atoms. The predicted octanol–water partition coefficient (Wildman–Crippen LogP) is 0.500. The maximum absolute atomic E-state index is 2.51. The van der Waals surface area contributed by atoms with Crippen LogP contribution >= 0.6 is 0 Å². The molecule has 0 saturated heterocycles. The van der Waals surface area contributed by atoms with Crippen molar-refractivity contribution in [1.29, 1.82) is 0 Å². The molecule has 0 radical (unpaired) electrons. The summed E-state index contributed by atoms with van der Waals surface area (Å²) in [5, 5.41) is 0. The highest BCUT2D eigenvalue weighted by Crippen LogP contribution is 1.99. The molecule has 0 fully saturated rings. The number of hydrogen-bond acceptors (Lipinski definition) is 1. The van der Waals surface area contributed by atoms with E-state index in [9.17, 15) is 0 Å². The summed E-state index contributed by atoms with van der Waals surface area (Å²) >= 11 is 0. The average molecular weight is 145 g/mol. The van der Waals surface area contributed by atoms with Crippen LogP contribution in [0.1, 0.15) is 20.8 Å². The van der Waals surface area contributed by atoms with Gasteiger partial charge >= 0.3 is 0 Å². The first-order chi connectivity index (χ1) is 4.26. The van der Waals surface area contributed by atoms with Crippen molar-refractivity contribution in [2.75, 3.05) is 13.1 Å². The van der Waals surface area contributed by atoms with Crippen LogP contribution in [0.5, 0.6) is 0 Å². The number of rotatable bonds is 4. The van der Waals surface area contributed by atoms with Gasteiger partial charge in [0.2, 0.25) is 0 Å². The zero-order valence-electron chi connectivity index (χ0n) is 7.15. The Balaban J connectivity index is 3.50. The Morgan fingerprint density at radius 2 is 1.78 bits per heavy atom. The lowest BCUT2D eigenvalue weighted by Gasteiger charge is -2.24. The van der Waals surface area contributed by atoms with E-state index in [4.69, 9.17) is 0 Å². The van der Waals surface area contributed by atoms with Crippen molar-refractivity contribution < 1.29 is 0 Å². The monoisotopic (exact) mass is 145 g/mol. The molecule has 0 aromatic heterocycles. The van der Waals surface area contributed by atoms with Crippen LogP contribution < -0.4 is 0 Å². The van der Waals surface area contributed by atoms with Gasteiger partial charge in [0.05, 0.1) is 0 Å². The third kappa shape index (κ3) is 3.01. The van der Waals surface area contributed by atoms with Gasteiger partial charge in [-0.2, -0.15) is 0 Å². The molecule has 2 heteroatoms. The highest BCUT2D eigenvalue weighted by Gasteiger charge is 2.05. The van der Waals surface area contributed by atoms with Gasteiger partial charge in [-0.3, -0.25) is 0 Å². The molecule has 9 heavy (non-hydrogen) atoms. The molecule has 1 nitrogen and oxygen atoms in total. The first kappa shape index (κ1) is 9.18. The summed E-state index contributed by atoms with van der Waals surface area (Å²) in [7, 11) is 1.34. The molecular weight excluding hydrogens is 126 g/mol. The second kappa shape index (κ2) is 5.00. The quantitative estimate of drug-likeness (QED) is 0.521. The zero-order chi connectivity index (χ0) is 7.28. The SMILES string of the molecule is CCN(CC)C(C)C[SiH3].